The zero-order valence-electron chi connectivity index (χ0n) is 8.74. The van der Waals surface area contributed by atoms with Crippen LogP contribution in [0.2, 0.25) is 5.02 Å². The van der Waals surface area contributed by atoms with Gasteiger partial charge in [-0.3, -0.25) is 0 Å². The smallest absolute Gasteiger partial charge is 0.235 e. The minimum absolute atomic E-state index is 0.144. The predicted octanol–water partition coefficient (Wildman–Crippen LogP) is 3.15. The first-order valence-electron chi connectivity index (χ1n) is 5.26. The van der Waals surface area contributed by atoms with Crippen molar-refractivity contribution in [3.05, 3.63) is 28.8 Å². The molecule has 4 heteroatoms. The number of aromatic hydroxyl groups is 1. The van der Waals surface area contributed by atoms with Crippen LogP contribution >= 0.6 is 11.6 Å². The second-order valence-electron chi connectivity index (χ2n) is 4.10. The number of isocyanates is 1. The Labute approximate surface area is 98.8 Å². The van der Waals surface area contributed by atoms with E-state index in [4.69, 9.17) is 11.6 Å². The molecule has 0 bridgehead atoms. The number of nitrogens with zero attached hydrogens (tertiary/aromatic N) is 1. The molecular weight excluding hydrogens is 226 g/mol. The summed E-state index contributed by atoms with van der Waals surface area (Å²) in [7, 11) is 0. The fourth-order valence-electron chi connectivity index (χ4n) is 2.37. The maximum atomic E-state index is 10.5. The first-order valence-corrected chi connectivity index (χ1v) is 5.64. The Morgan fingerprint density at radius 3 is 2.69 bits per heavy atom. The van der Waals surface area contributed by atoms with Crippen molar-refractivity contribution in [1.82, 2.24) is 0 Å². The fourth-order valence-corrected chi connectivity index (χ4v) is 2.54. The summed E-state index contributed by atoms with van der Waals surface area (Å²) < 4.78 is 0. The van der Waals surface area contributed by atoms with Crippen LogP contribution < -0.4 is 0 Å². The maximum Gasteiger partial charge on any atom is 0.235 e. The topological polar surface area (TPSA) is 49.7 Å². The lowest BCUT2D eigenvalue weighted by Crippen LogP contribution is -2.19. The highest BCUT2D eigenvalue weighted by atomic mass is 35.5. The van der Waals surface area contributed by atoms with Crippen LogP contribution in [0.15, 0.2) is 23.2 Å². The Balaban J connectivity index is 2.54. The maximum absolute atomic E-state index is 10.5. The third kappa shape index (κ3) is 1.84. The zero-order chi connectivity index (χ0) is 11.6. The van der Waals surface area contributed by atoms with Gasteiger partial charge in [0.05, 0.1) is 0 Å². The van der Waals surface area contributed by atoms with Crippen molar-refractivity contribution >= 4 is 17.7 Å². The van der Waals surface area contributed by atoms with E-state index in [0.717, 1.165) is 25.7 Å². The highest BCUT2D eigenvalue weighted by Gasteiger charge is 2.37. The molecule has 84 valence electrons. The van der Waals surface area contributed by atoms with E-state index >= 15 is 0 Å². The molecule has 1 aromatic carbocycles. The number of carbonyl (C=O) groups excluding carboxylic acids is 1. The van der Waals surface area contributed by atoms with Gasteiger partial charge in [-0.2, -0.15) is 4.99 Å². The quantitative estimate of drug-likeness (QED) is 0.635. The lowest BCUT2D eigenvalue weighted by molar-refractivity contribution is 0.408. The van der Waals surface area contributed by atoms with Crippen LogP contribution in [0.3, 0.4) is 0 Å². The van der Waals surface area contributed by atoms with Gasteiger partial charge in [0, 0.05) is 10.6 Å². The number of hydrogen-bond acceptors (Lipinski definition) is 3. The summed E-state index contributed by atoms with van der Waals surface area (Å²) in [6, 6.07) is 4.84. The molecule has 0 radical (unpaired) electrons. The molecule has 1 aliphatic rings. The molecule has 3 nitrogen and oxygen atoms in total. The van der Waals surface area contributed by atoms with Crippen LogP contribution in [-0.2, 0) is 10.3 Å². The van der Waals surface area contributed by atoms with Gasteiger partial charge in [-0.15, -0.1) is 0 Å². The van der Waals surface area contributed by atoms with Crippen molar-refractivity contribution in [2.24, 2.45) is 4.99 Å². The third-order valence-electron chi connectivity index (χ3n) is 3.15. The van der Waals surface area contributed by atoms with Gasteiger partial charge < -0.3 is 5.11 Å². The van der Waals surface area contributed by atoms with Crippen LogP contribution in [0, 0.1) is 0 Å². The van der Waals surface area contributed by atoms with Gasteiger partial charge in [-0.05, 0) is 31.0 Å². The van der Waals surface area contributed by atoms with Gasteiger partial charge in [0.2, 0.25) is 6.08 Å². The summed E-state index contributed by atoms with van der Waals surface area (Å²) in [6.07, 6.45) is 5.13. The molecule has 0 atom stereocenters. The lowest BCUT2D eigenvalue weighted by Gasteiger charge is -2.23. The normalized spacial score (nSPS) is 18.1. The van der Waals surface area contributed by atoms with Gasteiger partial charge in [-0.25, -0.2) is 4.79 Å². The minimum atomic E-state index is -0.614. The minimum Gasteiger partial charge on any atom is -0.508 e. The van der Waals surface area contributed by atoms with Gasteiger partial charge in [0.15, 0.2) is 0 Å². The largest absolute Gasteiger partial charge is 0.508 e. The molecular formula is C12H12ClNO2. The molecule has 1 fully saturated rings. The van der Waals surface area contributed by atoms with Crippen molar-refractivity contribution in [3.63, 3.8) is 0 Å². The van der Waals surface area contributed by atoms with Crippen molar-refractivity contribution in [2.75, 3.05) is 0 Å². The van der Waals surface area contributed by atoms with E-state index in [1.54, 1.807) is 18.2 Å². The Morgan fingerprint density at radius 2 is 2.06 bits per heavy atom. The average Bonchev–Trinajstić information content (AvgIpc) is 2.72. The third-order valence-corrected chi connectivity index (χ3v) is 3.39. The van der Waals surface area contributed by atoms with Crippen molar-refractivity contribution < 1.29 is 9.90 Å². The predicted molar refractivity (Wildman–Crippen MR) is 61.4 cm³/mol. The Morgan fingerprint density at radius 1 is 1.38 bits per heavy atom. The number of halogens is 1. The molecule has 2 rings (SSSR count). The Hall–Kier alpha value is -1.31. The van der Waals surface area contributed by atoms with Gasteiger partial charge in [0.25, 0.3) is 0 Å². The van der Waals surface area contributed by atoms with Crippen molar-refractivity contribution in [1.29, 1.82) is 0 Å². The second kappa shape index (κ2) is 4.28. The molecule has 1 aliphatic carbocycles. The summed E-state index contributed by atoms with van der Waals surface area (Å²) in [5, 5.41) is 10.4. The molecule has 0 spiro atoms. The van der Waals surface area contributed by atoms with Crippen LogP contribution in [-0.4, -0.2) is 11.2 Å². The highest BCUT2D eigenvalue weighted by molar-refractivity contribution is 6.30. The molecule has 0 unspecified atom stereocenters. The van der Waals surface area contributed by atoms with E-state index in [-0.39, 0.29) is 5.75 Å². The monoisotopic (exact) mass is 237 g/mol. The summed E-state index contributed by atoms with van der Waals surface area (Å²) >= 11 is 5.91. The number of benzene rings is 1. The van der Waals surface area contributed by atoms with E-state index in [0.29, 0.717) is 10.6 Å². The summed E-state index contributed by atoms with van der Waals surface area (Å²) in [6.45, 7) is 0. The first kappa shape index (κ1) is 11.2. The van der Waals surface area contributed by atoms with E-state index in [2.05, 4.69) is 4.99 Å². The molecule has 0 aromatic heterocycles. The summed E-state index contributed by atoms with van der Waals surface area (Å²) in [5.74, 6) is 0.144. The lowest BCUT2D eigenvalue weighted by atomic mass is 9.88. The number of rotatable bonds is 2. The van der Waals surface area contributed by atoms with Crippen molar-refractivity contribution in [2.45, 2.75) is 31.2 Å². The second-order valence-corrected chi connectivity index (χ2v) is 4.54. The molecule has 0 heterocycles. The standard InChI is InChI=1S/C12H12ClNO2/c13-9-3-4-11(16)10(7-9)12(14-8-15)5-1-2-6-12/h3-4,7,16H,1-2,5-6H2. The SMILES string of the molecule is O=C=NC1(c2cc(Cl)ccc2O)CCCC1. The van der Waals surface area contributed by atoms with E-state index in [1.165, 1.54) is 6.07 Å². The van der Waals surface area contributed by atoms with Gasteiger partial charge in [0.1, 0.15) is 11.3 Å². The van der Waals surface area contributed by atoms with Crippen molar-refractivity contribution in [3.8, 4) is 5.75 Å². The Bertz CT molecular complexity index is 446. The summed E-state index contributed by atoms with van der Waals surface area (Å²) in [5.41, 5.74) is 0.0253. The van der Waals surface area contributed by atoms with E-state index in [9.17, 15) is 9.90 Å². The molecule has 16 heavy (non-hydrogen) atoms. The Kier molecular flexibility index (Phi) is 2.99. The van der Waals surface area contributed by atoms with Crippen LogP contribution in [0.25, 0.3) is 0 Å². The van der Waals surface area contributed by atoms with Crippen LogP contribution in [0.1, 0.15) is 31.2 Å². The first-order chi connectivity index (χ1) is 7.68. The van der Waals surface area contributed by atoms with E-state index in [1.807, 2.05) is 0 Å². The van der Waals surface area contributed by atoms with Gasteiger partial charge >= 0.3 is 0 Å². The molecule has 0 aliphatic heterocycles. The number of phenolic OH excluding ortho intramolecular Hbond substituents is 1. The summed E-state index contributed by atoms with van der Waals surface area (Å²) in [4.78, 5) is 14.4. The zero-order valence-corrected chi connectivity index (χ0v) is 9.50. The molecule has 0 amide bonds. The van der Waals surface area contributed by atoms with Gasteiger partial charge in [-0.1, -0.05) is 24.4 Å². The number of hydrogen-bond donors (Lipinski definition) is 1. The van der Waals surface area contributed by atoms with E-state index < -0.39 is 5.54 Å². The average molecular weight is 238 g/mol. The molecule has 1 saturated carbocycles. The highest BCUT2D eigenvalue weighted by Crippen LogP contribution is 2.45. The number of phenols is 1. The molecule has 1 N–H and O–H groups in total. The van der Waals surface area contributed by atoms with Crippen LogP contribution in [0.4, 0.5) is 0 Å². The van der Waals surface area contributed by atoms with Crippen LogP contribution in [0.5, 0.6) is 5.75 Å². The fraction of sp³-hybridized carbons (Fsp3) is 0.417. The molecule has 0 saturated heterocycles. The number of aliphatic imine (C=N–C) groups is 1. The molecule has 1 aromatic rings.